The third-order valence-electron chi connectivity index (χ3n) is 3.14. The Kier molecular flexibility index (Phi) is 8.47. The van der Waals surface area contributed by atoms with E-state index < -0.39 is 0 Å². The molecular weight excluding hydrogens is 360 g/mol. The van der Waals surface area contributed by atoms with Gasteiger partial charge in [0.15, 0.2) is 0 Å². The fourth-order valence-electron chi connectivity index (χ4n) is 2.23. The van der Waals surface area contributed by atoms with Crippen molar-refractivity contribution in [3.05, 3.63) is 21.6 Å². The van der Waals surface area contributed by atoms with E-state index in [1.807, 2.05) is 0 Å². The summed E-state index contributed by atoms with van der Waals surface area (Å²) in [5.74, 6) is 0.618. The van der Waals surface area contributed by atoms with E-state index in [0.29, 0.717) is 18.6 Å². The predicted octanol–water partition coefficient (Wildman–Crippen LogP) is 4.52. The molecule has 0 aromatic rings. The van der Waals surface area contributed by atoms with E-state index in [2.05, 4.69) is 57.0 Å². The highest BCUT2D eigenvalue weighted by Crippen LogP contribution is 2.24. The summed E-state index contributed by atoms with van der Waals surface area (Å²) in [5.41, 5.74) is 0. The third kappa shape index (κ3) is 7.07. The van der Waals surface area contributed by atoms with Gasteiger partial charge in [0.1, 0.15) is 0 Å². The van der Waals surface area contributed by atoms with Gasteiger partial charge in [0.05, 0.1) is 15.6 Å². The number of aliphatic hydroxyl groups excluding tert-OH is 1. The summed E-state index contributed by atoms with van der Waals surface area (Å²) in [4.78, 5) is 0. The molecule has 0 aromatic carbocycles. The van der Waals surface area contributed by atoms with Crippen LogP contribution in [0.4, 0.5) is 0 Å². The molecule has 0 saturated carbocycles. The van der Waals surface area contributed by atoms with E-state index in [0.717, 1.165) is 35.5 Å². The molecule has 0 amide bonds. The van der Waals surface area contributed by atoms with Crippen LogP contribution in [0.1, 0.15) is 39.0 Å². The Bertz CT molecular complexity index is 286. The van der Waals surface area contributed by atoms with E-state index in [1.54, 1.807) is 0 Å². The van der Waals surface area contributed by atoms with Gasteiger partial charge >= 0.3 is 0 Å². The maximum Gasteiger partial charge on any atom is 0.0794 e. The summed E-state index contributed by atoms with van der Waals surface area (Å²) in [6.45, 7) is 2.53. The minimum atomic E-state index is 0.193. The lowest BCUT2D eigenvalue weighted by atomic mass is 9.95. The first-order valence-corrected chi connectivity index (χ1v) is 8.14. The van der Waals surface area contributed by atoms with Crippen molar-refractivity contribution >= 4 is 31.9 Å². The van der Waals surface area contributed by atoms with Crippen molar-refractivity contribution in [3.63, 3.8) is 0 Å². The van der Waals surface area contributed by atoms with Gasteiger partial charge in [-0.1, -0.05) is 25.2 Å². The fourth-order valence-corrected chi connectivity index (χ4v) is 2.60. The van der Waals surface area contributed by atoms with Crippen LogP contribution in [0.5, 0.6) is 0 Å². The second-order valence-electron chi connectivity index (χ2n) is 4.90. The van der Waals surface area contributed by atoms with Crippen molar-refractivity contribution < 1.29 is 9.84 Å². The Morgan fingerprint density at radius 2 is 2.33 bits per heavy atom. The van der Waals surface area contributed by atoms with Crippen LogP contribution in [-0.2, 0) is 4.74 Å². The zero-order chi connectivity index (χ0) is 13.4. The van der Waals surface area contributed by atoms with Crippen LogP contribution in [-0.4, -0.2) is 23.9 Å². The molecule has 1 aliphatic rings. The molecule has 0 bridgehead atoms. The number of rotatable bonds is 7. The highest BCUT2D eigenvalue weighted by atomic mass is 79.9. The van der Waals surface area contributed by atoms with E-state index in [4.69, 9.17) is 9.84 Å². The minimum Gasteiger partial charge on any atom is -0.396 e. The smallest absolute Gasteiger partial charge is 0.0794 e. The Balaban J connectivity index is 2.32. The molecule has 3 atom stereocenters. The average molecular weight is 382 g/mol. The molecule has 1 aliphatic heterocycles. The van der Waals surface area contributed by atoms with E-state index in [-0.39, 0.29) is 6.10 Å². The van der Waals surface area contributed by atoms with Crippen LogP contribution in [0.2, 0.25) is 0 Å². The van der Waals surface area contributed by atoms with Crippen molar-refractivity contribution in [3.8, 4) is 0 Å². The van der Waals surface area contributed by atoms with Crippen LogP contribution in [0.3, 0.4) is 0 Å². The first kappa shape index (κ1) is 16.4. The topological polar surface area (TPSA) is 29.5 Å². The summed E-state index contributed by atoms with van der Waals surface area (Å²) in [6.07, 6.45) is 11.9. The van der Waals surface area contributed by atoms with Crippen molar-refractivity contribution in [1.82, 2.24) is 0 Å². The van der Waals surface area contributed by atoms with Crippen LogP contribution in [0.25, 0.3) is 0 Å². The zero-order valence-electron chi connectivity index (χ0n) is 10.8. The van der Waals surface area contributed by atoms with Crippen molar-refractivity contribution in [2.45, 2.75) is 51.2 Å². The molecule has 18 heavy (non-hydrogen) atoms. The highest BCUT2D eigenvalue weighted by molar-refractivity contribution is 9.28. The number of hydrogen-bond acceptors (Lipinski definition) is 2. The van der Waals surface area contributed by atoms with Crippen LogP contribution in [0, 0.1) is 5.92 Å². The lowest BCUT2D eigenvalue weighted by molar-refractivity contribution is -0.00517. The minimum absolute atomic E-state index is 0.193. The van der Waals surface area contributed by atoms with E-state index >= 15 is 0 Å². The first-order chi connectivity index (χ1) is 8.61. The van der Waals surface area contributed by atoms with E-state index in [9.17, 15) is 0 Å². The Morgan fingerprint density at radius 1 is 1.56 bits per heavy atom. The number of aliphatic hydroxyl groups is 1. The summed E-state index contributed by atoms with van der Waals surface area (Å²) in [7, 11) is 0. The monoisotopic (exact) mass is 380 g/mol. The number of hydrogen-bond donors (Lipinski definition) is 1. The molecule has 2 nitrogen and oxygen atoms in total. The number of halogens is 2. The average Bonchev–Trinajstić information content (AvgIpc) is 2.34. The van der Waals surface area contributed by atoms with Crippen molar-refractivity contribution in [2.75, 3.05) is 6.61 Å². The molecule has 1 N–H and O–H groups in total. The SMILES string of the molecule is C[C@@H](CCCO)C[C@@H]1CC=C[C@@H](CC=C(Br)Br)O1. The van der Waals surface area contributed by atoms with Crippen molar-refractivity contribution in [2.24, 2.45) is 5.92 Å². The van der Waals surface area contributed by atoms with Crippen LogP contribution < -0.4 is 0 Å². The lowest BCUT2D eigenvalue weighted by Gasteiger charge is -2.27. The number of ether oxygens (including phenoxy) is 1. The summed E-state index contributed by atoms with van der Waals surface area (Å²) in [5, 5.41) is 8.83. The maximum atomic E-state index is 8.83. The fraction of sp³-hybridized carbons (Fsp3) is 0.714. The quantitative estimate of drug-likeness (QED) is 0.657. The van der Waals surface area contributed by atoms with Gasteiger partial charge in [-0.2, -0.15) is 0 Å². The highest BCUT2D eigenvalue weighted by Gasteiger charge is 2.19. The maximum absolute atomic E-state index is 8.83. The Labute approximate surface area is 127 Å². The second-order valence-corrected chi connectivity index (χ2v) is 7.67. The molecule has 0 aromatic heterocycles. The van der Waals surface area contributed by atoms with Gasteiger partial charge in [-0.25, -0.2) is 0 Å². The van der Waals surface area contributed by atoms with Gasteiger partial charge in [-0.3, -0.25) is 0 Å². The second kappa shape index (κ2) is 9.29. The largest absolute Gasteiger partial charge is 0.396 e. The molecule has 0 radical (unpaired) electrons. The molecule has 1 rings (SSSR count). The van der Waals surface area contributed by atoms with Crippen molar-refractivity contribution in [1.29, 1.82) is 0 Å². The molecule has 0 saturated heterocycles. The molecular formula is C14H22Br2O2. The molecule has 1 heterocycles. The predicted molar refractivity (Wildman–Crippen MR) is 83.1 cm³/mol. The van der Waals surface area contributed by atoms with Gasteiger partial charge in [-0.05, 0) is 69.9 Å². The molecule has 0 aliphatic carbocycles. The van der Waals surface area contributed by atoms with E-state index in [1.165, 1.54) is 0 Å². The Hall–Kier alpha value is 0.360. The summed E-state index contributed by atoms with van der Waals surface area (Å²) >= 11 is 6.72. The van der Waals surface area contributed by atoms with Gasteiger partial charge in [-0.15, -0.1) is 0 Å². The van der Waals surface area contributed by atoms with Gasteiger partial charge < -0.3 is 9.84 Å². The lowest BCUT2D eigenvalue weighted by Crippen LogP contribution is -2.25. The zero-order valence-corrected chi connectivity index (χ0v) is 14.0. The van der Waals surface area contributed by atoms with Gasteiger partial charge in [0.25, 0.3) is 0 Å². The molecule has 0 unspecified atom stereocenters. The normalized spacial score (nSPS) is 24.9. The summed E-state index contributed by atoms with van der Waals surface area (Å²) in [6, 6.07) is 0. The standard InChI is InChI=1S/C14H22Br2O2/c1-11(4-3-9-17)10-13-6-2-5-12(18-13)7-8-14(15)16/h2,5,8,11-13,17H,3-4,6-7,9-10H2,1H3/t11-,12-,13-/m0/s1. The third-order valence-corrected chi connectivity index (χ3v) is 3.79. The molecule has 104 valence electrons. The van der Waals surface area contributed by atoms with Gasteiger partial charge in [0, 0.05) is 6.61 Å². The molecule has 0 spiro atoms. The molecule has 4 heteroatoms. The Morgan fingerprint density at radius 3 is 3.00 bits per heavy atom. The van der Waals surface area contributed by atoms with Crippen LogP contribution >= 0.6 is 31.9 Å². The molecule has 0 fully saturated rings. The summed E-state index contributed by atoms with van der Waals surface area (Å²) < 4.78 is 7.03. The van der Waals surface area contributed by atoms with Crippen LogP contribution in [0.15, 0.2) is 21.6 Å². The van der Waals surface area contributed by atoms with Gasteiger partial charge in [0.2, 0.25) is 0 Å². The first-order valence-electron chi connectivity index (χ1n) is 6.56.